The van der Waals surface area contributed by atoms with Crippen molar-refractivity contribution in [2.75, 3.05) is 12.4 Å². The Morgan fingerprint density at radius 1 is 1.22 bits per heavy atom. The summed E-state index contributed by atoms with van der Waals surface area (Å²) in [5.41, 5.74) is 2.43. The van der Waals surface area contributed by atoms with Crippen LogP contribution in [-0.4, -0.2) is 23.5 Å². The summed E-state index contributed by atoms with van der Waals surface area (Å²) in [6.45, 7) is 3.69. The van der Waals surface area contributed by atoms with Gasteiger partial charge < -0.3 is 19.7 Å². The summed E-state index contributed by atoms with van der Waals surface area (Å²) in [4.78, 5) is 12.5. The third-order valence-electron chi connectivity index (χ3n) is 3.87. The molecule has 0 saturated carbocycles. The second kappa shape index (κ2) is 8.13. The first-order valence-corrected chi connectivity index (χ1v) is 9.13. The van der Waals surface area contributed by atoms with Crippen LogP contribution in [0.1, 0.15) is 12.5 Å². The van der Waals surface area contributed by atoms with Crippen molar-refractivity contribution in [1.29, 1.82) is 0 Å². The second-order valence-corrected chi connectivity index (χ2v) is 7.22. The van der Waals surface area contributed by atoms with Crippen LogP contribution in [0, 0.1) is 6.92 Å². The number of nitrogens with zero attached hydrogens (tertiary/aromatic N) is 2. The molecule has 8 heteroatoms. The molecular formula is C19H19N3O4S. The molecule has 0 bridgehead atoms. The molecule has 0 saturated heterocycles. The molecule has 1 amide bonds. The fourth-order valence-corrected chi connectivity index (χ4v) is 3.20. The fourth-order valence-electron chi connectivity index (χ4n) is 2.33. The molecule has 3 rings (SSSR count). The molecule has 1 aromatic heterocycles. The van der Waals surface area contributed by atoms with E-state index in [-0.39, 0.29) is 10.9 Å². The zero-order chi connectivity index (χ0) is 19.4. The van der Waals surface area contributed by atoms with Crippen LogP contribution >= 0.6 is 11.8 Å². The van der Waals surface area contributed by atoms with Gasteiger partial charge in [0.25, 0.3) is 5.03 Å². The quantitative estimate of drug-likeness (QED) is 0.518. The molecular weight excluding hydrogens is 366 g/mol. The molecule has 27 heavy (non-hydrogen) atoms. The summed E-state index contributed by atoms with van der Waals surface area (Å²) in [7, 11) is 1.58. The van der Waals surface area contributed by atoms with Gasteiger partial charge in [0.05, 0.1) is 17.6 Å². The number of amides is 1. The number of aryl methyl sites for hydroxylation is 1. The Hall–Kier alpha value is -3.00. The molecule has 3 aromatic rings. The van der Waals surface area contributed by atoms with E-state index in [2.05, 4.69) is 10.6 Å². The van der Waals surface area contributed by atoms with E-state index < -0.39 is 11.2 Å². The lowest BCUT2D eigenvalue weighted by Gasteiger charge is -2.10. The van der Waals surface area contributed by atoms with E-state index in [1.165, 1.54) is 4.68 Å². The molecule has 7 nitrogen and oxygen atoms in total. The number of carbonyl (C=O) groups excluding carboxylic acids is 1. The second-order valence-electron chi connectivity index (χ2n) is 5.89. The zero-order valence-electron chi connectivity index (χ0n) is 15.1. The minimum Gasteiger partial charge on any atom is -0.538 e. The Morgan fingerprint density at radius 3 is 2.52 bits per heavy atom. The zero-order valence-corrected chi connectivity index (χ0v) is 15.9. The maximum absolute atomic E-state index is 12.5. The van der Waals surface area contributed by atoms with Gasteiger partial charge in [-0.05, 0) is 54.6 Å². The average Bonchev–Trinajstić information content (AvgIpc) is 3.03. The summed E-state index contributed by atoms with van der Waals surface area (Å²) < 4.78 is 11.3. The van der Waals surface area contributed by atoms with Crippen molar-refractivity contribution in [2.45, 2.75) is 24.1 Å². The Balaban J connectivity index is 1.73. The lowest BCUT2D eigenvalue weighted by atomic mass is 10.2. The van der Waals surface area contributed by atoms with Crippen LogP contribution in [0.4, 0.5) is 5.69 Å². The summed E-state index contributed by atoms with van der Waals surface area (Å²) >= 11 is 1.10. The first-order valence-electron chi connectivity index (χ1n) is 8.25. The Kier molecular flexibility index (Phi) is 5.66. The van der Waals surface area contributed by atoms with Gasteiger partial charge in [0.15, 0.2) is 5.95 Å². The van der Waals surface area contributed by atoms with E-state index >= 15 is 0 Å². The van der Waals surface area contributed by atoms with E-state index in [9.17, 15) is 9.90 Å². The van der Waals surface area contributed by atoms with Crippen molar-refractivity contribution in [2.24, 2.45) is 0 Å². The number of hydrogen-bond acceptors (Lipinski definition) is 6. The maximum Gasteiger partial charge on any atom is 0.298 e. The van der Waals surface area contributed by atoms with Crippen LogP contribution in [-0.2, 0) is 4.79 Å². The van der Waals surface area contributed by atoms with Gasteiger partial charge in [-0.2, -0.15) is 0 Å². The predicted octanol–water partition coefficient (Wildman–Crippen LogP) is 2.46. The molecule has 1 N–H and O–H groups in total. The van der Waals surface area contributed by atoms with E-state index in [0.29, 0.717) is 17.1 Å². The van der Waals surface area contributed by atoms with E-state index in [1.54, 1.807) is 38.3 Å². The van der Waals surface area contributed by atoms with Crippen molar-refractivity contribution in [3.8, 4) is 17.4 Å². The van der Waals surface area contributed by atoms with Crippen LogP contribution < -0.4 is 19.8 Å². The molecule has 140 valence electrons. The first kappa shape index (κ1) is 18.8. The molecule has 1 unspecified atom stereocenters. The van der Waals surface area contributed by atoms with E-state index in [1.807, 2.05) is 31.2 Å². The van der Waals surface area contributed by atoms with Crippen LogP contribution in [0.3, 0.4) is 0 Å². The lowest BCUT2D eigenvalue weighted by molar-refractivity contribution is -0.705. The highest BCUT2D eigenvalue weighted by Crippen LogP contribution is 2.28. The monoisotopic (exact) mass is 385 g/mol. The smallest absolute Gasteiger partial charge is 0.298 e. The number of nitrogens with one attached hydrogen (secondary N) is 1. The Morgan fingerprint density at radius 2 is 1.89 bits per heavy atom. The number of benzene rings is 2. The third-order valence-corrected chi connectivity index (χ3v) is 5.00. The molecule has 0 aliphatic rings. The Bertz CT molecular complexity index is 923. The van der Waals surface area contributed by atoms with Crippen LogP contribution in [0.2, 0.25) is 0 Å². The van der Waals surface area contributed by atoms with Crippen molar-refractivity contribution in [3.63, 3.8) is 0 Å². The summed E-state index contributed by atoms with van der Waals surface area (Å²) in [5, 5.41) is 18.4. The standard InChI is InChI=1S/C19H19N3O4S/c1-12-4-8-15(9-5-12)22-18(19(24)26-21-22)27-13(2)17(23)20-14-6-10-16(25-3)11-7-14/h4-11,13H,1-3H3,(H-,20,21,23,24). The van der Waals surface area contributed by atoms with Gasteiger partial charge in [-0.15, -0.1) is 0 Å². The van der Waals surface area contributed by atoms with E-state index in [0.717, 1.165) is 17.3 Å². The van der Waals surface area contributed by atoms with Crippen LogP contribution in [0.15, 0.2) is 58.1 Å². The summed E-state index contributed by atoms with van der Waals surface area (Å²) in [5.74, 6) is -0.110. The van der Waals surface area contributed by atoms with Crippen molar-refractivity contribution in [3.05, 3.63) is 54.1 Å². The SMILES string of the molecule is COc1ccc(NC(=O)C(C)Sc2c([O-])on[n+]2-c2ccc(C)cc2)cc1. The van der Waals surface area contributed by atoms with Crippen molar-refractivity contribution in [1.82, 2.24) is 5.27 Å². The first-order chi connectivity index (χ1) is 13.0. The van der Waals surface area contributed by atoms with Crippen LogP contribution in [0.5, 0.6) is 11.7 Å². The summed E-state index contributed by atoms with van der Waals surface area (Å²) in [6.07, 6.45) is 0. The van der Waals surface area contributed by atoms with Gasteiger partial charge in [0.1, 0.15) is 5.75 Å². The number of carbonyl (C=O) groups is 1. The molecule has 0 aliphatic heterocycles. The number of ether oxygens (including phenoxy) is 1. The third kappa shape index (κ3) is 4.40. The van der Waals surface area contributed by atoms with Crippen LogP contribution in [0.25, 0.3) is 5.69 Å². The minimum absolute atomic E-state index is 0.235. The highest BCUT2D eigenvalue weighted by molar-refractivity contribution is 8.00. The normalized spacial score (nSPS) is 11.8. The topological polar surface area (TPSA) is 91.3 Å². The maximum atomic E-state index is 12.5. The number of thioether (sulfide) groups is 1. The van der Waals surface area contributed by atoms with Gasteiger partial charge in [-0.3, -0.25) is 4.79 Å². The molecule has 1 heterocycles. The van der Waals surface area contributed by atoms with Gasteiger partial charge in [0.2, 0.25) is 11.6 Å². The number of anilines is 1. The van der Waals surface area contributed by atoms with E-state index in [4.69, 9.17) is 9.26 Å². The summed E-state index contributed by atoms with van der Waals surface area (Å²) in [6, 6.07) is 14.5. The number of hydrogen-bond donors (Lipinski definition) is 1. The lowest BCUT2D eigenvalue weighted by Crippen LogP contribution is -2.36. The highest BCUT2D eigenvalue weighted by Gasteiger charge is 2.26. The predicted molar refractivity (Wildman–Crippen MR) is 99.2 cm³/mol. The van der Waals surface area contributed by atoms with Crippen molar-refractivity contribution < 1.29 is 23.8 Å². The molecule has 2 aromatic carbocycles. The molecule has 0 fully saturated rings. The van der Waals surface area contributed by atoms with Gasteiger partial charge >= 0.3 is 0 Å². The molecule has 0 spiro atoms. The average molecular weight is 385 g/mol. The molecule has 0 aliphatic carbocycles. The molecule has 0 radical (unpaired) electrons. The van der Waals surface area contributed by atoms with Crippen molar-refractivity contribution >= 4 is 23.4 Å². The van der Waals surface area contributed by atoms with Gasteiger partial charge in [-0.25, -0.2) is 0 Å². The molecule has 1 atom stereocenters. The van der Waals surface area contributed by atoms with Gasteiger partial charge in [0, 0.05) is 17.8 Å². The fraction of sp³-hybridized carbons (Fsp3) is 0.211. The number of aromatic nitrogens is 2. The Labute approximate surface area is 160 Å². The minimum atomic E-state index is -0.579. The van der Waals surface area contributed by atoms with Gasteiger partial charge in [-0.1, -0.05) is 17.7 Å². The number of methoxy groups -OCH3 is 1. The highest BCUT2D eigenvalue weighted by atomic mass is 32.2. The largest absolute Gasteiger partial charge is 0.538 e. The number of rotatable bonds is 6.